The molecule has 3 aromatic carbocycles. The number of aromatic nitrogens is 2. The van der Waals surface area contributed by atoms with Gasteiger partial charge in [-0.15, -0.1) is 0 Å². The van der Waals surface area contributed by atoms with Crippen molar-refractivity contribution < 1.29 is 45.2 Å². The number of hydrogen-bond acceptors (Lipinski definition) is 10. The number of fused-ring (bicyclic) bond motifs is 1. The standard InChI is InChI=1S/C48H51F4N9O6S/c49-32-15-22-61(28-32)68(66,67)57-40-10-9-38(50)43(44(40)52)45(63)37-26-54-46-36(37)23-31(25-53-46)30-3-5-33(6-4-30)60-20-13-29(14-21-60)27-58-16-1-18-59(19-2-17-58)34-7-8-35(39(51)24-34)47(64)55-41-11-12-42(62)56-48(41)65/h3-10,23-26,29,32,41,57H,1-2,11-22,27-28H2,(H,53,54)(H,55,64)(H,56,62,65)/t32-,41+/m1/s1. The quantitative estimate of drug-likeness (QED) is 0.0666. The summed E-state index contributed by atoms with van der Waals surface area (Å²) in [6.45, 7) is 5.62. The summed E-state index contributed by atoms with van der Waals surface area (Å²) in [4.78, 5) is 64.4. The number of aromatic amines is 1. The average Bonchev–Trinajstić information content (AvgIpc) is 3.96. The molecule has 20 heteroatoms. The van der Waals surface area contributed by atoms with Gasteiger partial charge < -0.3 is 25.0 Å². The van der Waals surface area contributed by atoms with Gasteiger partial charge in [0.1, 0.15) is 29.5 Å². The SMILES string of the molecule is O=C1CC[C@H](NC(=O)c2ccc(N3CCCN(CC4CCN(c5ccc(-c6cnc7[nH]cc(C(=O)c8c(F)ccc(NS(=O)(=O)N9CC[C@@H](F)C9)c8F)c7c6)cc5)CC4)CCC3)cc2F)C(=O)N1. The third-order valence-electron chi connectivity index (χ3n) is 13.4. The Hall–Kier alpha value is -6.38. The van der Waals surface area contributed by atoms with Crippen LogP contribution in [0.2, 0.25) is 0 Å². The van der Waals surface area contributed by atoms with Crippen molar-refractivity contribution in [3.05, 3.63) is 107 Å². The molecule has 0 saturated carbocycles. The van der Waals surface area contributed by atoms with Gasteiger partial charge in [-0.25, -0.2) is 22.5 Å². The van der Waals surface area contributed by atoms with E-state index in [0.29, 0.717) is 28.2 Å². The highest BCUT2D eigenvalue weighted by molar-refractivity contribution is 7.90. The van der Waals surface area contributed by atoms with Gasteiger partial charge in [-0.05, 0) is 112 Å². The fourth-order valence-corrected chi connectivity index (χ4v) is 10.9. The van der Waals surface area contributed by atoms with Crippen molar-refractivity contribution >= 4 is 61.8 Å². The molecule has 0 unspecified atom stereocenters. The number of H-pyrrole nitrogens is 1. The minimum absolute atomic E-state index is 0.00187. The van der Waals surface area contributed by atoms with E-state index >= 15 is 13.2 Å². The van der Waals surface area contributed by atoms with E-state index in [0.717, 1.165) is 99.2 Å². The predicted molar refractivity (Wildman–Crippen MR) is 248 cm³/mol. The Kier molecular flexibility index (Phi) is 13.5. The molecule has 0 aliphatic carbocycles. The van der Waals surface area contributed by atoms with Crippen LogP contribution in [-0.2, 0) is 19.8 Å². The van der Waals surface area contributed by atoms with Gasteiger partial charge in [0.05, 0.1) is 16.8 Å². The number of nitrogens with zero attached hydrogens (tertiary/aromatic N) is 5. The summed E-state index contributed by atoms with van der Waals surface area (Å²) < 4.78 is 88.3. The highest BCUT2D eigenvalue weighted by Gasteiger charge is 2.34. The van der Waals surface area contributed by atoms with Gasteiger partial charge >= 0.3 is 10.2 Å². The Morgan fingerprint density at radius 2 is 1.50 bits per heavy atom. The third kappa shape index (κ3) is 10.1. The van der Waals surface area contributed by atoms with E-state index in [1.807, 2.05) is 29.0 Å². The molecular formula is C48H51F4N9O6S. The minimum atomic E-state index is -4.36. The monoisotopic (exact) mass is 957 g/mol. The number of rotatable bonds is 12. The van der Waals surface area contributed by atoms with Crippen LogP contribution >= 0.6 is 0 Å². The minimum Gasteiger partial charge on any atom is -0.372 e. The van der Waals surface area contributed by atoms with Crippen LogP contribution in [0, 0.1) is 23.4 Å². The molecule has 0 bridgehead atoms. The van der Waals surface area contributed by atoms with Crippen LogP contribution in [0.5, 0.6) is 0 Å². The van der Waals surface area contributed by atoms with Gasteiger partial charge in [-0.2, -0.15) is 12.7 Å². The Balaban J connectivity index is 0.767. The van der Waals surface area contributed by atoms with Crippen molar-refractivity contribution in [3.63, 3.8) is 0 Å². The Labute approximate surface area is 390 Å². The smallest absolute Gasteiger partial charge is 0.301 e. The number of piperidine rings is 2. The number of nitrogens with one attached hydrogen (secondary N) is 4. The zero-order valence-electron chi connectivity index (χ0n) is 37.1. The third-order valence-corrected chi connectivity index (χ3v) is 14.9. The number of ketones is 1. The van der Waals surface area contributed by atoms with E-state index in [9.17, 15) is 32.0 Å². The molecule has 0 radical (unpaired) electrons. The summed E-state index contributed by atoms with van der Waals surface area (Å²) in [6, 6.07) is 15.1. The van der Waals surface area contributed by atoms with E-state index in [1.165, 1.54) is 18.3 Å². The largest absolute Gasteiger partial charge is 0.372 e. The van der Waals surface area contributed by atoms with Crippen LogP contribution in [0.4, 0.5) is 34.6 Å². The first-order valence-corrected chi connectivity index (χ1v) is 24.3. The molecule has 4 fully saturated rings. The van der Waals surface area contributed by atoms with E-state index in [4.69, 9.17) is 0 Å². The number of alkyl halides is 1. The van der Waals surface area contributed by atoms with Gasteiger partial charge in [0, 0.05) is 92.5 Å². The van der Waals surface area contributed by atoms with Gasteiger partial charge in [0.15, 0.2) is 5.82 Å². The number of amides is 3. The Bertz CT molecular complexity index is 2850. The molecule has 15 nitrogen and oxygen atoms in total. The van der Waals surface area contributed by atoms with Crippen molar-refractivity contribution in [2.45, 2.75) is 57.2 Å². The summed E-state index contributed by atoms with van der Waals surface area (Å²) in [5.74, 6) is -5.38. The number of carbonyl (C=O) groups is 4. The zero-order chi connectivity index (χ0) is 47.7. The van der Waals surface area contributed by atoms with Gasteiger partial charge in [-0.1, -0.05) is 12.1 Å². The first kappa shape index (κ1) is 46.7. The lowest BCUT2D eigenvalue weighted by atomic mass is 9.95. The summed E-state index contributed by atoms with van der Waals surface area (Å²) in [7, 11) is -4.36. The van der Waals surface area contributed by atoms with Crippen LogP contribution in [-0.4, -0.2) is 122 Å². The maximum Gasteiger partial charge on any atom is 0.301 e. The molecule has 6 heterocycles. The van der Waals surface area contributed by atoms with Crippen molar-refractivity contribution in [2.75, 3.05) is 73.4 Å². The number of anilines is 3. The first-order chi connectivity index (χ1) is 32.7. The molecule has 5 aromatic rings. The highest BCUT2D eigenvalue weighted by Crippen LogP contribution is 2.32. The van der Waals surface area contributed by atoms with Crippen LogP contribution in [0.25, 0.3) is 22.2 Å². The summed E-state index contributed by atoms with van der Waals surface area (Å²) in [5, 5.41) is 5.05. The first-order valence-electron chi connectivity index (χ1n) is 22.9. The normalized spacial score (nSPS) is 20.3. The van der Waals surface area contributed by atoms with Crippen LogP contribution < -0.4 is 25.2 Å². The lowest BCUT2D eigenvalue weighted by molar-refractivity contribution is -0.134. The number of halogens is 4. The van der Waals surface area contributed by atoms with Crippen molar-refractivity contribution in [2.24, 2.45) is 5.92 Å². The second kappa shape index (κ2) is 19.7. The van der Waals surface area contributed by atoms with Crippen LogP contribution in [0.3, 0.4) is 0 Å². The summed E-state index contributed by atoms with van der Waals surface area (Å²) >= 11 is 0. The van der Waals surface area contributed by atoms with E-state index in [-0.39, 0.29) is 36.9 Å². The number of pyridine rings is 1. The summed E-state index contributed by atoms with van der Waals surface area (Å²) in [6.07, 6.45) is 5.74. The molecule has 68 heavy (non-hydrogen) atoms. The van der Waals surface area contributed by atoms with Gasteiger partial charge in [0.2, 0.25) is 17.6 Å². The zero-order valence-corrected chi connectivity index (χ0v) is 37.9. The lowest BCUT2D eigenvalue weighted by Gasteiger charge is -2.37. The van der Waals surface area contributed by atoms with Crippen molar-refractivity contribution in [1.82, 2.24) is 29.8 Å². The maximum absolute atomic E-state index is 15.8. The van der Waals surface area contributed by atoms with Crippen LogP contribution in [0.15, 0.2) is 73.1 Å². The number of benzene rings is 3. The highest BCUT2D eigenvalue weighted by atomic mass is 32.2. The van der Waals surface area contributed by atoms with Gasteiger partial charge in [-0.3, -0.25) is 29.2 Å². The lowest BCUT2D eigenvalue weighted by Crippen LogP contribution is -2.52. The molecule has 2 atom stereocenters. The van der Waals surface area contributed by atoms with Crippen LogP contribution in [0.1, 0.15) is 71.2 Å². The molecular weight excluding hydrogens is 907 g/mol. The number of carbonyl (C=O) groups excluding carboxylic acids is 4. The van der Waals surface area contributed by atoms with E-state index < -0.39 is 81.2 Å². The molecule has 4 saturated heterocycles. The molecule has 2 aromatic heterocycles. The second-order valence-corrected chi connectivity index (χ2v) is 19.6. The Morgan fingerprint density at radius 1 is 0.779 bits per heavy atom. The van der Waals surface area contributed by atoms with E-state index in [1.54, 1.807) is 18.3 Å². The van der Waals surface area contributed by atoms with Crippen molar-refractivity contribution in [3.8, 4) is 11.1 Å². The molecule has 4 N–H and O–H groups in total. The topological polar surface area (TPSA) is 180 Å². The van der Waals surface area contributed by atoms with E-state index in [2.05, 4.69) is 35.3 Å². The average molecular weight is 958 g/mol. The fourth-order valence-electron chi connectivity index (χ4n) is 9.62. The number of imide groups is 1. The fraction of sp³-hybridized carbons (Fsp3) is 0.396. The predicted octanol–water partition coefficient (Wildman–Crippen LogP) is 5.93. The molecule has 9 rings (SSSR count). The molecule has 4 aliphatic heterocycles. The summed E-state index contributed by atoms with van der Waals surface area (Å²) in [5.41, 5.74) is 1.80. The molecule has 358 valence electrons. The number of hydrogen-bond donors (Lipinski definition) is 4. The van der Waals surface area contributed by atoms with Crippen molar-refractivity contribution in [1.29, 1.82) is 0 Å². The Morgan fingerprint density at radius 3 is 2.19 bits per heavy atom. The molecule has 0 spiro atoms. The van der Waals surface area contributed by atoms with Gasteiger partial charge in [0.25, 0.3) is 5.91 Å². The molecule has 4 aliphatic rings. The second-order valence-electron chi connectivity index (χ2n) is 17.9. The molecule has 3 amide bonds. The maximum atomic E-state index is 15.8.